The third kappa shape index (κ3) is 4.21. The van der Waals surface area contributed by atoms with Crippen molar-refractivity contribution in [1.29, 1.82) is 5.26 Å². The molecule has 0 aliphatic rings. The first-order valence-electron chi connectivity index (χ1n) is 6.00. The topological polar surface area (TPSA) is 120 Å². The molecule has 1 amide bonds. The SMILES string of the molecule is CNC(=O)/C(C#N)=C/c1ccc(OS(=O)(=O)N(C)C)c(O)c1. The lowest BCUT2D eigenvalue weighted by Gasteiger charge is -2.13. The number of nitrogens with one attached hydrogen (secondary N) is 1. The lowest BCUT2D eigenvalue weighted by Crippen LogP contribution is -2.27. The largest absolute Gasteiger partial charge is 0.504 e. The predicted molar refractivity (Wildman–Crippen MR) is 79.0 cm³/mol. The van der Waals surface area contributed by atoms with E-state index in [2.05, 4.69) is 5.32 Å². The molecule has 0 aliphatic heterocycles. The van der Waals surface area contributed by atoms with Gasteiger partial charge in [-0.3, -0.25) is 4.79 Å². The summed E-state index contributed by atoms with van der Waals surface area (Å²) in [6, 6.07) is 5.53. The highest BCUT2D eigenvalue weighted by Gasteiger charge is 2.18. The molecule has 2 N–H and O–H groups in total. The zero-order valence-electron chi connectivity index (χ0n) is 12.2. The number of phenolic OH excluding ortho intramolecular Hbond substituents is 1. The van der Waals surface area contributed by atoms with Crippen LogP contribution < -0.4 is 9.50 Å². The fraction of sp³-hybridized carbons (Fsp3) is 0.231. The van der Waals surface area contributed by atoms with Gasteiger partial charge in [0.25, 0.3) is 5.91 Å². The maximum atomic E-state index is 11.6. The average Bonchev–Trinajstić information content (AvgIpc) is 2.46. The fourth-order valence-corrected chi connectivity index (χ4v) is 1.85. The Morgan fingerprint density at radius 1 is 1.45 bits per heavy atom. The van der Waals surface area contributed by atoms with Crippen molar-refractivity contribution in [2.45, 2.75) is 0 Å². The summed E-state index contributed by atoms with van der Waals surface area (Å²) >= 11 is 0. The zero-order valence-corrected chi connectivity index (χ0v) is 13.0. The second-order valence-electron chi connectivity index (χ2n) is 4.30. The van der Waals surface area contributed by atoms with Crippen LogP contribution in [-0.4, -0.2) is 44.9 Å². The van der Waals surface area contributed by atoms with Crippen LogP contribution in [0, 0.1) is 11.3 Å². The van der Waals surface area contributed by atoms with Gasteiger partial charge in [-0.05, 0) is 23.8 Å². The first kappa shape index (κ1) is 17.5. The van der Waals surface area contributed by atoms with E-state index in [1.165, 1.54) is 45.4 Å². The van der Waals surface area contributed by atoms with Gasteiger partial charge in [0.2, 0.25) is 0 Å². The van der Waals surface area contributed by atoms with Crippen molar-refractivity contribution in [3.63, 3.8) is 0 Å². The molecule has 1 aromatic carbocycles. The third-order valence-electron chi connectivity index (χ3n) is 2.53. The Kier molecular flexibility index (Phi) is 5.50. The highest BCUT2D eigenvalue weighted by molar-refractivity contribution is 7.84. The lowest BCUT2D eigenvalue weighted by atomic mass is 10.1. The smallest absolute Gasteiger partial charge is 0.384 e. The van der Waals surface area contributed by atoms with Crippen molar-refractivity contribution >= 4 is 22.3 Å². The van der Waals surface area contributed by atoms with Crippen LogP contribution in [0.4, 0.5) is 0 Å². The number of nitriles is 1. The van der Waals surface area contributed by atoms with Gasteiger partial charge in [0.1, 0.15) is 11.6 Å². The van der Waals surface area contributed by atoms with E-state index in [9.17, 15) is 18.3 Å². The second-order valence-corrected chi connectivity index (χ2v) is 6.05. The number of hydrogen-bond acceptors (Lipinski definition) is 6. The highest BCUT2D eigenvalue weighted by Crippen LogP contribution is 2.29. The maximum Gasteiger partial charge on any atom is 0.384 e. The van der Waals surface area contributed by atoms with E-state index in [1.807, 2.05) is 0 Å². The van der Waals surface area contributed by atoms with Crippen molar-refractivity contribution in [3.8, 4) is 17.6 Å². The Labute approximate surface area is 128 Å². The molecular weight excluding hydrogens is 310 g/mol. The summed E-state index contributed by atoms with van der Waals surface area (Å²) in [4.78, 5) is 11.4. The molecule has 118 valence electrons. The van der Waals surface area contributed by atoms with Gasteiger partial charge in [-0.25, -0.2) is 0 Å². The Morgan fingerprint density at radius 3 is 2.55 bits per heavy atom. The van der Waals surface area contributed by atoms with E-state index in [-0.39, 0.29) is 11.3 Å². The first-order valence-corrected chi connectivity index (χ1v) is 7.36. The average molecular weight is 325 g/mol. The molecule has 0 saturated carbocycles. The molecule has 0 bridgehead atoms. The Bertz CT molecular complexity index is 747. The normalized spacial score (nSPS) is 11.9. The van der Waals surface area contributed by atoms with Gasteiger partial charge in [-0.1, -0.05) is 6.07 Å². The van der Waals surface area contributed by atoms with E-state index in [1.54, 1.807) is 6.07 Å². The van der Waals surface area contributed by atoms with E-state index >= 15 is 0 Å². The molecule has 0 atom stereocenters. The number of aromatic hydroxyl groups is 1. The molecule has 0 unspecified atom stereocenters. The number of benzene rings is 1. The predicted octanol–water partition coefficient (Wildman–Crippen LogP) is 0.230. The Hall–Kier alpha value is -2.57. The quantitative estimate of drug-likeness (QED) is 0.591. The minimum Gasteiger partial charge on any atom is -0.504 e. The standard InChI is InChI=1S/C13H15N3O5S/c1-15-13(18)10(8-14)6-9-4-5-12(11(17)7-9)21-22(19,20)16(2)3/h4-7,17H,1-3H3,(H,15,18)/b10-6+. The van der Waals surface area contributed by atoms with Gasteiger partial charge < -0.3 is 14.6 Å². The molecule has 0 heterocycles. The number of carbonyl (C=O) groups is 1. The van der Waals surface area contributed by atoms with E-state index in [0.29, 0.717) is 5.56 Å². The first-order chi connectivity index (χ1) is 10.2. The molecule has 22 heavy (non-hydrogen) atoms. The van der Waals surface area contributed by atoms with Crippen molar-refractivity contribution in [2.75, 3.05) is 21.1 Å². The Morgan fingerprint density at radius 2 is 2.09 bits per heavy atom. The molecule has 0 spiro atoms. The summed E-state index contributed by atoms with van der Waals surface area (Å²) in [6.07, 6.45) is 1.25. The van der Waals surface area contributed by atoms with Crippen LogP contribution in [0.15, 0.2) is 23.8 Å². The fourth-order valence-electron chi connectivity index (χ4n) is 1.33. The van der Waals surface area contributed by atoms with Crippen molar-refractivity contribution < 1.29 is 22.5 Å². The van der Waals surface area contributed by atoms with Crippen LogP contribution in [0.1, 0.15) is 5.56 Å². The van der Waals surface area contributed by atoms with E-state index in [0.717, 1.165) is 4.31 Å². The lowest BCUT2D eigenvalue weighted by molar-refractivity contribution is -0.116. The summed E-state index contributed by atoms with van der Waals surface area (Å²) < 4.78 is 28.7. The molecule has 0 aliphatic carbocycles. The van der Waals surface area contributed by atoms with Gasteiger partial charge in [0.05, 0.1) is 0 Å². The minimum absolute atomic E-state index is 0.156. The Balaban J connectivity index is 3.13. The molecular formula is C13H15N3O5S. The highest BCUT2D eigenvalue weighted by atomic mass is 32.2. The molecule has 0 fully saturated rings. The monoisotopic (exact) mass is 325 g/mol. The molecule has 0 saturated heterocycles. The van der Waals surface area contributed by atoms with Gasteiger partial charge in [-0.2, -0.15) is 18.0 Å². The van der Waals surface area contributed by atoms with Crippen LogP contribution in [0.2, 0.25) is 0 Å². The number of likely N-dealkylation sites (N-methyl/N-ethyl adjacent to an activating group) is 1. The van der Waals surface area contributed by atoms with Crippen molar-refractivity contribution in [1.82, 2.24) is 9.62 Å². The molecule has 0 aromatic heterocycles. The number of phenols is 1. The number of hydrogen-bond donors (Lipinski definition) is 2. The summed E-state index contributed by atoms with van der Waals surface area (Å²) in [5.74, 6) is -1.27. The summed E-state index contributed by atoms with van der Waals surface area (Å²) in [6.45, 7) is 0. The van der Waals surface area contributed by atoms with Crippen molar-refractivity contribution in [2.24, 2.45) is 0 Å². The van der Waals surface area contributed by atoms with Crippen LogP contribution in [-0.2, 0) is 15.1 Å². The van der Waals surface area contributed by atoms with Gasteiger partial charge in [0, 0.05) is 21.1 Å². The number of amides is 1. The molecule has 1 rings (SSSR count). The van der Waals surface area contributed by atoms with Gasteiger partial charge in [0.15, 0.2) is 11.5 Å². The number of carbonyl (C=O) groups excluding carboxylic acids is 1. The van der Waals surface area contributed by atoms with Crippen LogP contribution >= 0.6 is 0 Å². The summed E-state index contributed by atoms with van der Waals surface area (Å²) in [5.41, 5.74) is 0.184. The van der Waals surface area contributed by atoms with Gasteiger partial charge >= 0.3 is 10.3 Å². The van der Waals surface area contributed by atoms with E-state index < -0.39 is 22.0 Å². The number of nitrogens with zero attached hydrogens (tertiary/aromatic N) is 2. The van der Waals surface area contributed by atoms with E-state index in [4.69, 9.17) is 9.44 Å². The molecule has 1 aromatic rings. The molecule has 0 radical (unpaired) electrons. The third-order valence-corrected chi connectivity index (χ3v) is 3.81. The minimum atomic E-state index is -3.99. The molecule has 8 nitrogen and oxygen atoms in total. The summed E-state index contributed by atoms with van der Waals surface area (Å²) in [5, 5.41) is 21.0. The van der Waals surface area contributed by atoms with Crippen LogP contribution in [0.25, 0.3) is 6.08 Å². The zero-order chi connectivity index (χ0) is 16.9. The number of rotatable bonds is 5. The summed E-state index contributed by atoms with van der Waals surface area (Å²) in [7, 11) is -0.0397. The van der Waals surface area contributed by atoms with Crippen LogP contribution in [0.5, 0.6) is 11.5 Å². The van der Waals surface area contributed by atoms with Gasteiger partial charge in [-0.15, -0.1) is 0 Å². The maximum absolute atomic E-state index is 11.6. The molecule has 9 heteroatoms. The van der Waals surface area contributed by atoms with Crippen LogP contribution in [0.3, 0.4) is 0 Å². The van der Waals surface area contributed by atoms with Crippen molar-refractivity contribution in [3.05, 3.63) is 29.3 Å². The second kappa shape index (κ2) is 6.93.